The van der Waals surface area contributed by atoms with Crippen molar-refractivity contribution in [1.82, 2.24) is 25.1 Å². The number of hydrogen-bond acceptors (Lipinski definition) is 7. The SMILES string of the molecule is CS(=O)(=O)CCNCCc1ccc2c(Nc3ccc4c(cnn4Cc4ccccc4)c3)ncnc2c1. The zero-order valence-corrected chi connectivity index (χ0v) is 20.9. The third kappa shape index (κ3) is 5.87. The molecule has 0 saturated carbocycles. The number of sulfone groups is 1. The van der Waals surface area contributed by atoms with E-state index in [1.54, 1.807) is 6.33 Å². The third-order valence-electron chi connectivity index (χ3n) is 6.02. The van der Waals surface area contributed by atoms with Gasteiger partial charge in [0.25, 0.3) is 0 Å². The maximum atomic E-state index is 11.2. The van der Waals surface area contributed by atoms with Crippen LogP contribution >= 0.6 is 0 Å². The van der Waals surface area contributed by atoms with E-state index in [1.807, 2.05) is 41.2 Å². The molecule has 0 aliphatic rings. The van der Waals surface area contributed by atoms with Gasteiger partial charge in [0, 0.05) is 29.3 Å². The highest BCUT2D eigenvalue weighted by Crippen LogP contribution is 2.26. The van der Waals surface area contributed by atoms with E-state index in [9.17, 15) is 8.42 Å². The lowest BCUT2D eigenvalue weighted by Gasteiger charge is -2.10. The number of nitrogens with zero attached hydrogens (tertiary/aromatic N) is 4. The summed E-state index contributed by atoms with van der Waals surface area (Å²) in [6, 6.07) is 22.6. The van der Waals surface area contributed by atoms with E-state index in [1.165, 1.54) is 11.8 Å². The first-order valence-electron chi connectivity index (χ1n) is 11.8. The average Bonchev–Trinajstić information content (AvgIpc) is 3.25. The second-order valence-electron chi connectivity index (χ2n) is 8.89. The van der Waals surface area contributed by atoms with Crippen molar-refractivity contribution in [1.29, 1.82) is 0 Å². The molecule has 2 aromatic heterocycles. The fraction of sp³-hybridized carbons (Fsp3) is 0.222. The Morgan fingerprint density at radius 1 is 0.917 bits per heavy atom. The first kappa shape index (κ1) is 23.9. The highest BCUT2D eigenvalue weighted by Gasteiger charge is 2.09. The van der Waals surface area contributed by atoms with Crippen molar-refractivity contribution in [2.75, 3.05) is 30.4 Å². The molecule has 0 amide bonds. The number of aromatic nitrogens is 4. The Morgan fingerprint density at radius 3 is 2.61 bits per heavy atom. The van der Waals surface area contributed by atoms with Gasteiger partial charge >= 0.3 is 0 Å². The molecule has 0 fully saturated rings. The number of hydrogen-bond donors (Lipinski definition) is 2. The largest absolute Gasteiger partial charge is 0.340 e. The molecule has 0 bridgehead atoms. The van der Waals surface area contributed by atoms with E-state index in [0.29, 0.717) is 13.1 Å². The van der Waals surface area contributed by atoms with Crippen molar-refractivity contribution in [2.45, 2.75) is 13.0 Å². The zero-order chi connectivity index (χ0) is 25.0. The summed E-state index contributed by atoms with van der Waals surface area (Å²) < 4.78 is 24.5. The average molecular weight is 501 g/mol. The van der Waals surface area contributed by atoms with Gasteiger partial charge in [-0.05, 0) is 54.4 Å². The van der Waals surface area contributed by atoms with E-state index in [-0.39, 0.29) is 5.75 Å². The van der Waals surface area contributed by atoms with Gasteiger partial charge in [0.05, 0.1) is 29.5 Å². The molecule has 8 nitrogen and oxygen atoms in total. The van der Waals surface area contributed by atoms with Crippen molar-refractivity contribution in [2.24, 2.45) is 0 Å². The van der Waals surface area contributed by atoms with Crippen LogP contribution in [-0.2, 0) is 22.8 Å². The standard InChI is InChI=1S/C27H28N6O2S/c1-36(34,35)14-13-28-12-11-20-7-9-24-25(15-20)29-19-30-27(24)32-23-8-10-26-22(16-23)17-31-33(26)18-21-5-3-2-4-6-21/h2-10,15-17,19,28H,11-14,18H2,1H3,(H,29,30,32). The molecule has 36 heavy (non-hydrogen) atoms. The van der Waals surface area contributed by atoms with Gasteiger partial charge in [0.15, 0.2) is 0 Å². The second-order valence-corrected chi connectivity index (χ2v) is 11.1. The fourth-order valence-corrected chi connectivity index (χ4v) is 4.67. The van der Waals surface area contributed by atoms with Crippen LogP contribution in [0.5, 0.6) is 0 Å². The van der Waals surface area contributed by atoms with Crippen LogP contribution in [0.2, 0.25) is 0 Å². The van der Waals surface area contributed by atoms with Crippen LogP contribution in [0.3, 0.4) is 0 Å². The Kier molecular flexibility index (Phi) is 6.92. The van der Waals surface area contributed by atoms with Crippen LogP contribution < -0.4 is 10.6 Å². The van der Waals surface area contributed by atoms with Crippen LogP contribution in [0.1, 0.15) is 11.1 Å². The van der Waals surface area contributed by atoms with Crippen LogP contribution in [0.4, 0.5) is 11.5 Å². The molecule has 5 rings (SSSR count). The van der Waals surface area contributed by atoms with Gasteiger partial charge in [-0.15, -0.1) is 0 Å². The van der Waals surface area contributed by atoms with Gasteiger partial charge in [-0.2, -0.15) is 5.10 Å². The van der Waals surface area contributed by atoms with Crippen LogP contribution in [-0.4, -0.2) is 53.3 Å². The lowest BCUT2D eigenvalue weighted by molar-refractivity contribution is 0.596. The molecule has 0 spiro atoms. The number of rotatable bonds is 10. The number of anilines is 2. The molecule has 2 N–H and O–H groups in total. The molecule has 2 heterocycles. The van der Waals surface area contributed by atoms with Gasteiger partial charge in [0.2, 0.25) is 0 Å². The molecule has 3 aromatic carbocycles. The Hall–Kier alpha value is -3.82. The van der Waals surface area contributed by atoms with Crippen molar-refractivity contribution in [3.8, 4) is 0 Å². The predicted molar refractivity (Wildman–Crippen MR) is 144 cm³/mol. The van der Waals surface area contributed by atoms with Crippen molar-refractivity contribution in [3.05, 3.63) is 90.4 Å². The minimum atomic E-state index is -2.94. The molecule has 0 aliphatic heterocycles. The molecule has 0 unspecified atom stereocenters. The number of benzene rings is 3. The van der Waals surface area contributed by atoms with Gasteiger partial charge in [0.1, 0.15) is 22.0 Å². The Labute approximate surface area is 210 Å². The summed E-state index contributed by atoms with van der Waals surface area (Å²) in [6.45, 7) is 1.89. The maximum absolute atomic E-state index is 11.2. The second kappa shape index (κ2) is 10.4. The molecule has 5 aromatic rings. The van der Waals surface area contributed by atoms with Crippen molar-refractivity contribution >= 4 is 43.1 Å². The molecular formula is C27H28N6O2S. The molecule has 184 valence electrons. The number of fused-ring (bicyclic) bond motifs is 2. The normalized spacial score (nSPS) is 11.8. The first-order valence-corrected chi connectivity index (χ1v) is 13.9. The first-order chi connectivity index (χ1) is 17.4. The van der Waals surface area contributed by atoms with Gasteiger partial charge in [-0.1, -0.05) is 36.4 Å². The third-order valence-corrected chi connectivity index (χ3v) is 6.97. The van der Waals surface area contributed by atoms with Crippen molar-refractivity contribution in [3.63, 3.8) is 0 Å². The smallest absolute Gasteiger partial charge is 0.148 e. The monoisotopic (exact) mass is 500 g/mol. The molecule has 0 saturated heterocycles. The van der Waals surface area contributed by atoms with Crippen LogP contribution in [0, 0.1) is 0 Å². The van der Waals surface area contributed by atoms with E-state index >= 15 is 0 Å². The Balaban J connectivity index is 1.28. The summed E-state index contributed by atoms with van der Waals surface area (Å²) in [5.74, 6) is 0.890. The predicted octanol–water partition coefficient (Wildman–Crippen LogP) is 3.95. The summed E-state index contributed by atoms with van der Waals surface area (Å²) in [6.07, 6.45) is 5.49. The van der Waals surface area contributed by atoms with E-state index in [0.717, 1.165) is 51.8 Å². The fourth-order valence-electron chi connectivity index (χ4n) is 4.16. The van der Waals surface area contributed by atoms with E-state index < -0.39 is 9.84 Å². The molecule has 0 aliphatic carbocycles. The van der Waals surface area contributed by atoms with Crippen molar-refractivity contribution < 1.29 is 8.42 Å². The van der Waals surface area contributed by atoms with E-state index in [2.05, 4.69) is 62.1 Å². The zero-order valence-electron chi connectivity index (χ0n) is 20.1. The summed E-state index contributed by atoms with van der Waals surface area (Å²) in [7, 11) is -2.94. The number of nitrogens with one attached hydrogen (secondary N) is 2. The summed E-state index contributed by atoms with van der Waals surface area (Å²) in [5, 5.41) is 13.2. The maximum Gasteiger partial charge on any atom is 0.148 e. The molecule has 0 atom stereocenters. The Morgan fingerprint density at radius 2 is 1.78 bits per heavy atom. The topological polar surface area (TPSA) is 102 Å². The van der Waals surface area contributed by atoms with Gasteiger partial charge in [-0.25, -0.2) is 18.4 Å². The summed E-state index contributed by atoms with van der Waals surface area (Å²) in [5.41, 5.74) is 5.21. The lowest BCUT2D eigenvalue weighted by atomic mass is 10.1. The molecule has 9 heteroatoms. The van der Waals surface area contributed by atoms with Crippen LogP contribution in [0.15, 0.2) is 79.3 Å². The van der Waals surface area contributed by atoms with Gasteiger partial charge in [-0.3, -0.25) is 4.68 Å². The highest BCUT2D eigenvalue weighted by atomic mass is 32.2. The lowest BCUT2D eigenvalue weighted by Crippen LogP contribution is -2.24. The van der Waals surface area contributed by atoms with Gasteiger partial charge < -0.3 is 10.6 Å². The van der Waals surface area contributed by atoms with Crippen LogP contribution in [0.25, 0.3) is 21.8 Å². The quantitative estimate of drug-likeness (QED) is 0.280. The van der Waals surface area contributed by atoms with E-state index in [4.69, 9.17) is 0 Å². The Bertz CT molecular complexity index is 1600. The minimum absolute atomic E-state index is 0.145. The summed E-state index contributed by atoms with van der Waals surface area (Å²) >= 11 is 0. The molecular weight excluding hydrogens is 472 g/mol. The summed E-state index contributed by atoms with van der Waals surface area (Å²) in [4.78, 5) is 8.92. The minimum Gasteiger partial charge on any atom is -0.340 e. The highest BCUT2D eigenvalue weighted by molar-refractivity contribution is 7.90. The molecule has 0 radical (unpaired) electrons.